The van der Waals surface area contributed by atoms with Crippen LogP contribution in [-0.2, 0) is 11.2 Å². The van der Waals surface area contributed by atoms with Crippen LogP contribution in [0.5, 0.6) is 0 Å². The first-order valence-corrected chi connectivity index (χ1v) is 11.1. The first-order chi connectivity index (χ1) is 12.3. The number of thioether (sulfide) groups is 1. The van der Waals surface area contributed by atoms with Gasteiger partial charge >= 0.3 is 0 Å². The summed E-state index contributed by atoms with van der Waals surface area (Å²) in [6, 6.07) is 9.83. The quantitative estimate of drug-likeness (QED) is 0.893. The van der Waals surface area contributed by atoms with Gasteiger partial charge in [0.25, 0.3) is 0 Å². The number of hydrogen-bond donors (Lipinski definition) is 1. The molecule has 25 heavy (non-hydrogen) atoms. The number of rotatable bonds is 4. The summed E-state index contributed by atoms with van der Waals surface area (Å²) in [5.41, 5.74) is 2.85. The SMILES string of the molecule is O=C(CC1CCc2ccccc21)NC1CCN(C2CCSCC2)CC1. The van der Waals surface area contributed by atoms with Crippen molar-refractivity contribution in [3.8, 4) is 0 Å². The molecule has 3 aliphatic rings. The normalized spacial score (nSPS) is 25.7. The number of fused-ring (bicyclic) bond motifs is 1. The molecule has 2 fully saturated rings. The molecule has 0 saturated carbocycles. The Hall–Kier alpha value is -1.00. The van der Waals surface area contributed by atoms with Crippen LogP contribution >= 0.6 is 11.8 Å². The fourth-order valence-electron chi connectivity index (χ4n) is 4.83. The summed E-state index contributed by atoms with van der Waals surface area (Å²) in [4.78, 5) is 15.2. The van der Waals surface area contributed by atoms with Crippen LogP contribution in [0.4, 0.5) is 0 Å². The lowest BCUT2D eigenvalue weighted by atomic mass is 9.96. The molecule has 1 N–H and O–H groups in total. The second kappa shape index (κ2) is 8.13. The minimum absolute atomic E-state index is 0.259. The summed E-state index contributed by atoms with van der Waals surface area (Å²) >= 11 is 2.10. The van der Waals surface area contributed by atoms with Gasteiger partial charge in [0.2, 0.25) is 5.91 Å². The van der Waals surface area contributed by atoms with E-state index < -0.39 is 0 Å². The lowest BCUT2D eigenvalue weighted by molar-refractivity contribution is -0.122. The second-order valence-corrected chi connectivity index (χ2v) is 9.08. The van der Waals surface area contributed by atoms with Crippen LogP contribution in [0, 0.1) is 0 Å². The van der Waals surface area contributed by atoms with Crippen LogP contribution < -0.4 is 5.32 Å². The van der Waals surface area contributed by atoms with Crippen molar-refractivity contribution in [3.05, 3.63) is 35.4 Å². The third-order valence-corrected chi connectivity index (χ3v) is 7.34. The van der Waals surface area contributed by atoms with Gasteiger partial charge in [-0.05, 0) is 67.1 Å². The van der Waals surface area contributed by atoms with Gasteiger partial charge in [-0.15, -0.1) is 0 Å². The molecular weight excluding hydrogens is 328 g/mol. The molecule has 136 valence electrons. The van der Waals surface area contributed by atoms with Gasteiger partial charge in [0.05, 0.1) is 0 Å². The average Bonchev–Trinajstić information content (AvgIpc) is 3.06. The predicted molar refractivity (Wildman–Crippen MR) is 105 cm³/mol. The zero-order chi connectivity index (χ0) is 17.1. The van der Waals surface area contributed by atoms with E-state index in [-0.39, 0.29) is 5.91 Å². The lowest BCUT2D eigenvalue weighted by Gasteiger charge is -2.39. The van der Waals surface area contributed by atoms with Crippen molar-refractivity contribution in [1.29, 1.82) is 0 Å². The van der Waals surface area contributed by atoms with E-state index in [1.54, 1.807) is 0 Å². The van der Waals surface area contributed by atoms with Gasteiger partial charge in [-0.25, -0.2) is 0 Å². The summed E-state index contributed by atoms with van der Waals surface area (Å²) in [5, 5.41) is 3.33. The number of carbonyl (C=O) groups is 1. The molecule has 0 spiro atoms. The van der Waals surface area contributed by atoms with Crippen molar-refractivity contribution in [2.24, 2.45) is 0 Å². The number of amides is 1. The largest absolute Gasteiger partial charge is 0.353 e. The molecule has 0 radical (unpaired) electrons. The van der Waals surface area contributed by atoms with Gasteiger partial charge in [0.1, 0.15) is 0 Å². The highest BCUT2D eigenvalue weighted by Crippen LogP contribution is 2.35. The van der Waals surface area contributed by atoms with Gasteiger partial charge in [0, 0.05) is 31.6 Å². The van der Waals surface area contributed by atoms with Crippen molar-refractivity contribution in [2.75, 3.05) is 24.6 Å². The van der Waals surface area contributed by atoms with E-state index in [4.69, 9.17) is 0 Å². The summed E-state index contributed by atoms with van der Waals surface area (Å²) in [6.45, 7) is 2.32. The van der Waals surface area contributed by atoms with Gasteiger partial charge in [-0.1, -0.05) is 24.3 Å². The molecule has 4 heteroatoms. The molecule has 0 bridgehead atoms. The molecule has 1 unspecified atom stereocenters. The molecule has 1 amide bonds. The lowest BCUT2D eigenvalue weighted by Crippen LogP contribution is -2.48. The second-order valence-electron chi connectivity index (χ2n) is 7.86. The van der Waals surface area contributed by atoms with Crippen LogP contribution in [0.2, 0.25) is 0 Å². The number of nitrogens with zero attached hydrogens (tertiary/aromatic N) is 1. The molecular formula is C21H30N2OS. The molecule has 1 aromatic rings. The van der Waals surface area contributed by atoms with Crippen LogP contribution in [0.1, 0.15) is 55.6 Å². The van der Waals surface area contributed by atoms with E-state index in [0.29, 0.717) is 18.4 Å². The monoisotopic (exact) mass is 358 g/mol. The molecule has 3 nitrogen and oxygen atoms in total. The number of nitrogens with one attached hydrogen (secondary N) is 1. The molecule has 2 aliphatic heterocycles. The molecule has 1 aliphatic carbocycles. The minimum atomic E-state index is 0.259. The molecule has 0 aromatic heterocycles. The Morgan fingerprint density at radius 2 is 1.84 bits per heavy atom. The van der Waals surface area contributed by atoms with Crippen molar-refractivity contribution in [2.45, 2.75) is 62.9 Å². The number of hydrogen-bond acceptors (Lipinski definition) is 3. The standard InChI is InChI=1S/C21H30N2OS/c24-21(15-17-6-5-16-3-1-2-4-20(16)17)22-18-7-11-23(12-8-18)19-9-13-25-14-10-19/h1-4,17-19H,5-15H2,(H,22,24). The zero-order valence-corrected chi connectivity index (χ0v) is 15.9. The zero-order valence-electron chi connectivity index (χ0n) is 15.1. The Morgan fingerprint density at radius 3 is 2.64 bits per heavy atom. The number of likely N-dealkylation sites (tertiary alicyclic amines) is 1. The molecule has 1 atom stereocenters. The van der Waals surface area contributed by atoms with Gasteiger partial charge < -0.3 is 10.2 Å². The predicted octanol–water partition coefficient (Wildman–Crippen LogP) is 3.58. The molecule has 4 rings (SSSR count). The summed E-state index contributed by atoms with van der Waals surface area (Å²) < 4.78 is 0. The van der Waals surface area contributed by atoms with Gasteiger partial charge in [-0.3, -0.25) is 4.79 Å². The molecule has 1 aromatic carbocycles. The summed E-state index contributed by atoms with van der Waals surface area (Å²) in [6.07, 6.45) is 7.87. The van der Waals surface area contributed by atoms with E-state index in [1.165, 1.54) is 35.5 Å². The fraction of sp³-hybridized carbons (Fsp3) is 0.667. The Kier molecular flexibility index (Phi) is 5.66. The number of benzene rings is 1. The van der Waals surface area contributed by atoms with E-state index >= 15 is 0 Å². The smallest absolute Gasteiger partial charge is 0.220 e. The highest BCUT2D eigenvalue weighted by molar-refractivity contribution is 7.99. The highest BCUT2D eigenvalue weighted by Gasteiger charge is 2.28. The fourth-order valence-corrected chi connectivity index (χ4v) is 5.91. The summed E-state index contributed by atoms with van der Waals surface area (Å²) in [5.74, 6) is 3.33. The maximum absolute atomic E-state index is 12.5. The van der Waals surface area contributed by atoms with Crippen molar-refractivity contribution < 1.29 is 4.79 Å². The Labute approximate surface area is 155 Å². The topological polar surface area (TPSA) is 32.3 Å². The Balaban J connectivity index is 1.23. The van der Waals surface area contributed by atoms with E-state index in [2.05, 4.69) is 46.2 Å². The van der Waals surface area contributed by atoms with Crippen LogP contribution in [0.3, 0.4) is 0 Å². The van der Waals surface area contributed by atoms with Gasteiger partial charge in [0.15, 0.2) is 0 Å². The third kappa shape index (κ3) is 4.22. The number of piperidine rings is 1. The van der Waals surface area contributed by atoms with E-state index in [0.717, 1.165) is 44.8 Å². The first-order valence-electron chi connectivity index (χ1n) is 9.98. The molecule has 2 heterocycles. The number of carbonyl (C=O) groups excluding carboxylic acids is 1. The van der Waals surface area contributed by atoms with Crippen molar-refractivity contribution in [1.82, 2.24) is 10.2 Å². The maximum atomic E-state index is 12.5. The summed E-state index contributed by atoms with van der Waals surface area (Å²) in [7, 11) is 0. The maximum Gasteiger partial charge on any atom is 0.220 e. The first kappa shape index (κ1) is 17.4. The average molecular weight is 359 g/mol. The van der Waals surface area contributed by atoms with Crippen molar-refractivity contribution >= 4 is 17.7 Å². The van der Waals surface area contributed by atoms with Gasteiger partial charge in [-0.2, -0.15) is 11.8 Å². The third-order valence-electron chi connectivity index (χ3n) is 6.29. The Bertz CT molecular complexity index is 591. The Morgan fingerprint density at radius 1 is 1.08 bits per heavy atom. The van der Waals surface area contributed by atoms with E-state index in [9.17, 15) is 4.79 Å². The number of aryl methyl sites for hydroxylation is 1. The van der Waals surface area contributed by atoms with Crippen LogP contribution in [0.15, 0.2) is 24.3 Å². The minimum Gasteiger partial charge on any atom is -0.353 e. The molecule has 2 saturated heterocycles. The van der Waals surface area contributed by atoms with Crippen molar-refractivity contribution in [3.63, 3.8) is 0 Å². The van der Waals surface area contributed by atoms with Crippen LogP contribution in [0.25, 0.3) is 0 Å². The van der Waals surface area contributed by atoms with Crippen LogP contribution in [-0.4, -0.2) is 47.5 Å². The highest BCUT2D eigenvalue weighted by atomic mass is 32.2. The van der Waals surface area contributed by atoms with E-state index in [1.807, 2.05) is 0 Å².